The molecule has 7 atom stereocenters. The number of carbonyl (C=O) groups is 5. The van der Waals surface area contributed by atoms with Crippen molar-refractivity contribution in [3.63, 3.8) is 0 Å². The number of nitrogens with one attached hydrogen (secondary N) is 1. The monoisotopic (exact) mass is 604 g/mol. The average Bonchev–Trinajstić information content (AvgIpc) is 3.62. The molecule has 4 aliphatic heterocycles. The summed E-state index contributed by atoms with van der Waals surface area (Å²) in [6.45, 7) is 14.1. The maximum Gasteiger partial charge on any atom is 0.429 e. The zero-order chi connectivity index (χ0) is 30.7. The summed E-state index contributed by atoms with van der Waals surface area (Å²) in [6, 6.07) is -1.79. The average molecular weight is 605 g/mol. The molecule has 0 bridgehead atoms. The summed E-state index contributed by atoms with van der Waals surface area (Å²) >= 11 is 1.34. The number of thioether (sulfide) groups is 1. The first-order valence-electron chi connectivity index (χ1n) is 13.7. The van der Waals surface area contributed by atoms with E-state index in [1.807, 2.05) is 6.92 Å². The predicted molar refractivity (Wildman–Crippen MR) is 151 cm³/mol. The second-order valence-corrected chi connectivity index (χ2v) is 11.8. The summed E-state index contributed by atoms with van der Waals surface area (Å²) in [5, 5.41) is 11.1. The first kappa shape index (κ1) is 31.2. The third kappa shape index (κ3) is 5.77. The molecule has 0 aromatic heterocycles. The van der Waals surface area contributed by atoms with E-state index in [4.69, 9.17) is 14.2 Å². The van der Waals surface area contributed by atoms with Crippen LogP contribution in [0.5, 0.6) is 0 Å². The molecule has 0 aromatic rings. The molecule has 0 radical (unpaired) electrons. The van der Waals surface area contributed by atoms with Crippen LogP contribution in [0.15, 0.2) is 48.6 Å². The van der Waals surface area contributed by atoms with Crippen molar-refractivity contribution >= 4 is 41.7 Å². The van der Waals surface area contributed by atoms with Crippen molar-refractivity contribution in [1.82, 2.24) is 20.2 Å². The van der Waals surface area contributed by atoms with E-state index in [1.165, 1.54) is 39.8 Å². The number of likely N-dealkylation sites (tertiary alicyclic amines) is 1. The largest absolute Gasteiger partial charge is 0.457 e. The Morgan fingerprint density at radius 2 is 1.67 bits per heavy atom. The Kier molecular flexibility index (Phi) is 9.67. The summed E-state index contributed by atoms with van der Waals surface area (Å²) in [5.74, 6) is -2.39. The molecular formula is C28H36N4O9S. The number of ether oxygens (including phenoxy) is 3. The number of hydrogen-bond acceptors (Lipinski definition) is 10. The first-order chi connectivity index (χ1) is 20.0. The normalized spacial score (nSPS) is 29.0. The molecule has 0 saturated carbocycles. The predicted octanol–water partition coefficient (Wildman–Crippen LogP) is 1.71. The van der Waals surface area contributed by atoms with Crippen LogP contribution in [0, 0.1) is 11.8 Å². The van der Waals surface area contributed by atoms with Crippen LogP contribution in [0.2, 0.25) is 0 Å². The van der Waals surface area contributed by atoms with Crippen molar-refractivity contribution in [2.24, 2.45) is 11.8 Å². The van der Waals surface area contributed by atoms with Gasteiger partial charge in [0.2, 0.25) is 11.8 Å². The molecule has 0 aliphatic carbocycles. The lowest BCUT2D eigenvalue weighted by Gasteiger charge is -2.46. The third-order valence-electron chi connectivity index (χ3n) is 7.73. The van der Waals surface area contributed by atoms with Gasteiger partial charge in [-0.3, -0.25) is 15.0 Å². The number of carbonyl (C=O) groups excluding carboxylic acids is 5. The summed E-state index contributed by atoms with van der Waals surface area (Å²) in [7, 11) is 0. The fraction of sp³-hybridized carbons (Fsp3) is 0.536. The van der Waals surface area contributed by atoms with E-state index in [1.54, 1.807) is 6.92 Å². The molecule has 228 valence electrons. The Balaban J connectivity index is 1.63. The summed E-state index contributed by atoms with van der Waals surface area (Å²) in [4.78, 5) is 67.9. The molecule has 13 nitrogen and oxygen atoms in total. The number of fused-ring (bicyclic) bond motifs is 1. The maximum atomic E-state index is 13.1. The lowest BCUT2D eigenvalue weighted by atomic mass is 9.79. The van der Waals surface area contributed by atoms with Crippen molar-refractivity contribution in [3.05, 3.63) is 48.6 Å². The van der Waals surface area contributed by atoms with E-state index in [-0.39, 0.29) is 55.6 Å². The van der Waals surface area contributed by atoms with Crippen LogP contribution in [0.1, 0.15) is 26.7 Å². The zero-order valence-electron chi connectivity index (χ0n) is 23.6. The van der Waals surface area contributed by atoms with Crippen molar-refractivity contribution in [2.75, 3.05) is 26.4 Å². The lowest BCUT2D eigenvalue weighted by molar-refractivity contribution is -0.164. The van der Waals surface area contributed by atoms with Gasteiger partial charge in [0.05, 0.1) is 36.6 Å². The van der Waals surface area contributed by atoms with Crippen molar-refractivity contribution in [1.29, 1.82) is 0 Å². The number of nitrogens with zero attached hydrogens (tertiary/aromatic N) is 3. The highest BCUT2D eigenvalue weighted by Gasteiger charge is 2.61. The maximum absolute atomic E-state index is 13.1. The summed E-state index contributed by atoms with van der Waals surface area (Å²) < 4.78 is 15.8. The quantitative estimate of drug-likeness (QED) is 0.154. The second-order valence-electron chi connectivity index (χ2n) is 10.5. The van der Waals surface area contributed by atoms with Gasteiger partial charge in [0.15, 0.2) is 0 Å². The van der Waals surface area contributed by atoms with Gasteiger partial charge in [-0.15, -0.1) is 11.8 Å². The van der Waals surface area contributed by atoms with Crippen LogP contribution >= 0.6 is 11.8 Å². The van der Waals surface area contributed by atoms with Gasteiger partial charge in [0.25, 0.3) is 0 Å². The minimum absolute atomic E-state index is 0.0340. The zero-order valence-corrected chi connectivity index (χ0v) is 24.4. The van der Waals surface area contributed by atoms with Crippen LogP contribution < -0.4 is 5.43 Å². The fourth-order valence-corrected chi connectivity index (χ4v) is 7.52. The molecule has 1 unspecified atom stereocenters. The third-order valence-corrected chi connectivity index (χ3v) is 9.22. The van der Waals surface area contributed by atoms with E-state index in [2.05, 4.69) is 25.2 Å². The van der Waals surface area contributed by atoms with Crippen molar-refractivity contribution in [3.8, 4) is 0 Å². The molecule has 3 saturated heterocycles. The molecule has 4 rings (SSSR count). The van der Waals surface area contributed by atoms with Crippen LogP contribution in [0.25, 0.3) is 0 Å². The number of hydrazine groups is 1. The molecule has 4 heterocycles. The van der Waals surface area contributed by atoms with E-state index >= 15 is 0 Å². The van der Waals surface area contributed by atoms with Crippen molar-refractivity contribution in [2.45, 2.75) is 56.2 Å². The smallest absolute Gasteiger partial charge is 0.429 e. The number of esters is 1. The number of rotatable bonds is 11. The first-order valence-corrected chi connectivity index (χ1v) is 14.5. The molecule has 42 heavy (non-hydrogen) atoms. The van der Waals surface area contributed by atoms with Gasteiger partial charge in [-0.1, -0.05) is 44.9 Å². The van der Waals surface area contributed by atoms with E-state index in [0.717, 1.165) is 5.01 Å². The Bertz CT molecular complexity index is 1200. The van der Waals surface area contributed by atoms with Gasteiger partial charge in [0, 0.05) is 22.6 Å². The Hall–Kier alpha value is -3.78. The molecule has 4 aliphatic rings. The fourth-order valence-electron chi connectivity index (χ4n) is 5.98. The minimum Gasteiger partial charge on any atom is -0.457 e. The van der Waals surface area contributed by atoms with Gasteiger partial charge >= 0.3 is 18.2 Å². The van der Waals surface area contributed by atoms with Crippen LogP contribution in [0.3, 0.4) is 0 Å². The van der Waals surface area contributed by atoms with Gasteiger partial charge in [0.1, 0.15) is 25.5 Å². The van der Waals surface area contributed by atoms with Gasteiger partial charge in [-0.05, 0) is 13.3 Å². The molecule has 0 aromatic carbocycles. The Labute approximate surface area is 248 Å². The number of aliphatic hydroxyl groups excluding tert-OH is 1. The molecule has 0 spiro atoms. The molecule has 14 heteroatoms. The topological polar surface area (TPSA) is 155 Å². The van der Waals surface area contributed by atoms with Crippen LogP contribution in [0.4, 0.5) is 9.59 Å². The minimum atomic E-state index is -0.902. The number of β-lactam (4-membered cyclic amide) rings is 1. The Morgan fingerprint density at radius 3 is 2.29 bits per heavy atom. The highest BCUT2D eigenvalue weighted by molar-refractivity contribution is 8.03. The van der Waals surface area contributed by atoms with E-state index < -0.39 is 54.2 Å². The molecule has 2 N–H and O–H groups in total. The van der Waals surface area contributed by atoms with Crippen molar-refractivity contribution < 1.29 is 43.3 Å². The van der Waals surface area contributed by atoms with Gasteiger partial charge < -0.3 is 29.1 Å². The summed E-state index contributed by atoms with van der Waals surface area (Å²) in [6.07, 6.45) is 2.20. The number of amides is 4. The molecular weight excluding hydrogens is 568 g/mol. The lowest BCUT2D eigenvalue weighted by Crippen LogP contribution is -2.63. The highest BCUT2D eigenvalue weighted by Crippen LogP contribution is 2.52. The van der Waals surface area contributed by atoms with Gasteiger partial charge in [-0.25, -0.2) is 19.4 Å². The highest BCUT2D eigenvalue weighted by atomic mass is 32.2. The standard InChI is InChI=1S/C28H36N4O9S/c1-6-9-39-26(36)23-24(15(4)22-21(16(5)33)25(35)31(22)23)42-17-12-18(30(14-17)27(37)40-10-7-2)19-13-20(34)29-32(19)28(38)41-11-8-3/h6-8,15-19,21-22,33H,1-3,9-14H2,4-5H3,(H,29,34)/t15-,16-,17+,18+,19?,21-,22-/m1/s1. The number of aliphatic hydroxyl groups is 1. The van der Waals surface area contributed by atoms with Gasteiger partial charge in [-0.2, -0.15) is 0 Å². The van der Waals surface area contributed by atoms with E-state index in [0.29, 0.717) is 11.3 Å². The van der Waals surface area contributed by atoms with Crippen LogP contribution in [-0.2, 0) is 28.6 Å². The Morgan fingerprint density at radius 1 is 1.05 bits per heavy atom. The summed E-state index contributed by atoms with van der Waals surface area (Å²) in [5.41, 5.74) is 2.63. The molecule has 3 fully saturated rings. The number of hydrogen-bond donors (Lipinski definition) is 2. The van der Waals surface area contributed by atoms with Crippen LogP contribution in [-0.4, -0.2) is 106 Å². The SMILES string of the molecule is C=CCOC(=O)C1=C(S[C@H]2C[C@@H](C3CC(=O)NN3C(=O)OCC=C)N(C(=O)OCC=C)C2)[C@H](C)[C@@H]2[C@@H]([C@@H](C)O)C(=O)N12. The van der Waals surface area contributed by atoms with E-state index in [9.17, 15) is 29.1 Å². The second kappa shape index (κ2) is 13.0. The molecule has 4 amide bonds.